The summed E-state index contributed by atoms with van der Waals surface area (Å²) in [4.78, 5) is 27.9. The predicted octanol–water partition coefficient (Wildman–Crippen LogP) is 1.03. The molecular weight excluding hydrogens is 290 g/mol. The first-order valence-corrected chi connectivity index (χ1v) is 7.64. The van der Waals surface area contributed by atoms with Crippen molar-refractivity contribution in [2.75, 3.05) is 17.6 Å². The van der Waals surface area contributed by atoms with Crippen LogP contribution < -0.4 is 22.1 Å². The Morgan fingerprint density at radius 3 is 2.38 bits per heavy atom. The lowest BCUT2D eigenvalue weighted by molar-refractivity contribution is -0.120. The molecule has 118 valence electrons. The van der Waals surface area contributed by atoms with Gasteiger partial charge in [0.2, 0.25) is 5.91 Å². The number of nitrogens with zero attached hydrogens (tertiary/aromatic N) is 1. The van der Waals surface area contributed by atoms with Crippen LogP contribution in [0, 0.1) is 11.8 Å². The van der Waals surface area contributed by atoms with E-state index in [9.17, 15) is 9.59 Å². The molecule has 1 aromatic heterocycles. The highest BCUT2D eigenvalue weighted by Gasteiger charge is 2.25. The van der Waals surface area contributed by atoms with Crippen LogP contribution in [-0.4, -0.2) is 29.4 Å². The summed E-state index contributed by atoms with van der Waals surface area (Å²) in [5.74, 6) is -0.498. The number of amides is 2. The van der Waals surface area contributed by atoms with Crippen molar-refractivity contribution in [1.82, 2.24) is 10.3 Å². The van der Waals surface area contributed by atoms with E-state index in [1.54, 1.807) is 13.8 Å². The van der Waals surface area contributed by atoms with E-state index in [4.69, 9.17) is 11.5 Å². The highest BCUT2D eigenvalue weighted by molar-refractivity contribution is 7.18. The van der Waals surface area contributed by atoms with Crippen LogP contribution in [-0.2, 0) is 4.79 Å². The summed E-state index contributed by atoms with van der Waals surface area (Å²) in [6, 6.07) is -0.730. The Balaban J connectivity index is 2.80. The molecule has 1 atom stereocenters. The molecule has 0 spiro atoms. The lowest BCUT2D eigenvalue weighted by Crippen LogP contribution is -2.47. The quantitative estimate of drug-likeness (QED) is 0.599. The topological polar surface area (TPSA) is 123 Å². The molecule has 0 fully saturated rings. The molecule has 0 aromatic carbocycles. The fourth-order valence-electron chi connectivity index (χ4n) is 1.63. The van der Waals surface area contributed by atoms with Crippen LogP contribution in [0.5, 0.6) is 0 Å². The van der Waals surface area contributed by atoms with Crippen molar-refractivity contribution in [3.8, 4) is 0 Å². The number of carbonyl (C=O) groups is 2. The second-order valence-electron chi connectivity index (χ2n) is 5.61. The fourth-order valence-corrected chi connectivity index (χ4v) is 2.43. The molecule has 0 saturated heterocycles. The van der Waals surface area contributed by atoms with Gasteiger partial charge in [0.25, 0.3) is 5.91 Å². The number of nitrogens with two attached hydrogens (primary N) is 2. The van der Waals surface area contributed by atoms with Crippen molar-refractivity contribution in [2.24, 2.45) is 17.6 Å². The smallest absolute Gasteiger partial charge is 0.265 e. The Morgan fingerprint density at radius 1 is 1.29 bits per heavy atom. The molecule has 1 heterocycles. The zero-order chi connectivity index (χ0) is 16.2. The molecule has 6 N–H and O–H groups in total. The first-order chi connectivity index (χ1) is 9.72. The number of nitrogen functional groups attached to an aromatic ring is 1. The van der Waals surface area contributed by atoms with Gasteiger partial charge >= 0.3 is 0 Å². The molecule has 0 bridgehead atoms. The van der Waals surface area contributed by atoms with Gasteiger partial charge in [0.05, 0.1) is 0 Å². The molecular formula is C13H23N5O2S. The van der Waals surface area contributed by atoms with Crippen LogP contribution >= 0.6 is 11.3 Å². The van der Waals surface area contributed by atoms with E-state index >= 15 is 0 Å². The predicted molar refractivity (Wildman–Crippen MR) is 85.1 cm³/mol. The number of carbonyl (C=O) groups excluding carboxylic acids is 2. The second-order valence-corrected chi connectivity index (χ2v) is 6.60. The zero-order valence-corrected chi connectivity index (χ0v) is 13.6. The molecule has 0 radical (unpaired) electrons. The minimum Gasteiger partial charge on any atom is -0.382 e. The van der Waals surface area contributed by atoms with E-state index in [0.717, 1.165) is 17.9 Å². The Kier molecular flexibility index (Phi) is 5.95. The molecule has 1 aromatic rings. The van der Waals surface area contributed by atoms with Gasteiger partial charge in [-0.05, 0) is 11.8 Å². The maximum atomic E-state index is 12.2. The first kappa shape index (κ1) is 17.2. The van der Waals surface area contributed by atoms with Crippen LogP contribution in [0.2, 0.25) is 0 Å². The van der Waals surface area contributed by atoms with Crippen molar-refractivity contribution >= 4 is 34.1 Å². The molecule has 0 aliphatic carbocycles. The minimum atomic E-state index is -0.730. The number of anilines is 2. The standard InChI is InChI=1S/C13H23N5O2S/c1-6(2)5-16-13-18-10(14)9(21-13)12(20)17-8(7(3)4)11(15)19/h6-8H,5,14H2,1-4H3,(H2,15,19)(H,16,18)(H,17,20). The number of rotatable bonds is 7. The number of thiazole rings is 1. The van der Waals surface area contributed by atoms with Gasteiger partial charge in [-0.15, -0.1) is 0 Å². The molecule has 1 rings (SSSR count). The molecule has 0 aliphatic rings. The summed E-state index contributed by atoms with van der Waals surface area (Å²) in [7, 11) is 0. The highest BCUT2D eigenvalue weighted by Crippen LogP contribution is 2.25. The van der Waals surface area contributed by atoms with Gasteiger partial charge < -0.3 is 22.1 Å². The second kappa shape index (κ2) is 7.26. The van der Waals surface area contributed by atoms with Crippen LogP contribution in [0.4, 0.5) is 10.9 Å². The average Bonchev–Trinajstić information content (AvgIpc) is 2.73. The molecule has 8 heteroatoms. The lowest BCUT2D eigenvalue weighted by atomic mass is 10.0. The fraction of sp³-hybridized carbons (Fsp3) is 0.615. The third kappa shape index (κ3) is 4.89. The van der Waals surface area contributed by atoms with Gasteiger partial charge in [-0.3, -0.25) is 9.59 Å². The van der Waals surface area contributed by atoms with Gasteiger partial charge in [-0.25, -0.2) is 4.98 Å². The molecule has 0 aliphatic heterocycles. The van der Waals surface area contributed by atoms with Crippen molar-refractivity contribution in [1.29, 1.82) is 0 Å². The van der Waals surface area contributed by atoms with E-state index in [-0.39, 0.29) is 16.6 Å². The number of hydrogen-bond donors (Lipinski definition) is 4. The Morgan fingerprint density at radius 2 is 1.90 bits per heavy atom. The largest absolute Gasteiger partial charge is 0.382 e. The third-order valence-corrected chi connectivity index (χ3v) is 3.81. The Bertz CT molecular complexity index is 513. The van der Waals surface area contributed by atoms with Crippen molar-refractivity contribution in [3.63, 3.8) is 0 Å². The summed E-state index contributed by atoms with van der Waals surface area (Å²) in [5, 5.41) is 6.30. The lowest BCUT2D eigenvalue weighted by Gasteiger charge is -2.18. The van der Waals surface area contributed by atoms with Crippen LogP contribution in [0.1, 0.15) is 37.4 Å². The normalized spacial score (nSPS) is 12.5. The van der Waals surface area contributed by atoms with E-state index in [2.05, 4.69) is 29.5 Å². The van der Waals surface area contributed by atoms with E-state index in [1.165, 1.54) is 0 Å². The van der Waals surface area contributed by atoms with Gasteiger partial charge in [-0.2, -0.15) is 0 Å². The molecule has 7 nitrogen and oxygen atoms in total. The average molecular weight is 313 g/mol. The van der Waals surface area contributed by atoms with Gasteiger partial charge in [0.15, 0.2) is 5.13 Å². The number of hydrogen-bond acceptors (Lipinski definition) is 6. The monoisotopic (exact) mass is 313 g/mol. The summed E-state index contributed by atoms with van der Waals surface area (Å²) in [6.45, 7) is 8.49. The van der Waals surface area contributed by atoms with Gasteiger partial charge in [0.1, 0.15) is 16.7 Å². The summed E-state index contributed by atoms with van der Waals surface area (Å²) < 4.78 is 0. The summed E-state index contributed by atoms with van der Waals surface area (Å²) in [6.07, 6.45) is 0. The van der Waals surface area contributed by atoms with E-state index < -0.39 is 17.9 Å². The number of primary amides is 1. The van der Waals surface area contributed by atoms with Crippen LogP contribution in [0.25, 0.3) is 0 Å². The van der Waals surface area contributed by atoms with E-state index in [1.807, 2.05) is 0 Å². The Labute approximate surface area is 128 Å². The highest BCUT2D eigenvalue weighted by atomic mass is 32.1. The zero-order valence-electron chi connectivity index (χ0n) is 12.8. The summed E-state index contributed by atoms with van der Waals surface area (Å²) >= 11 is 1.16. The van der Waals surface area contributed by atoms with Gasteiger partial charge in [0, 0.05) is 6.54 Å². The van der Waals surface area contributed by atoms with Crippen molar-refractivity contribution < 1.29 is 9.59 Å². The third-order valence-electron chi connectivity index (χ3n) is 2.78. The maximum absolute atomic E-state index is 12.2. The molecule has 1 unspecified atom stereocenters. The minimum absolute atomic E-state index is 0.0980. The Hall–Kier alpha value is -1.83. The maximum Gasteiger partial charge on any atom is 0.265 e. The van der Waals surface area contributed by atoms with Gasteiger partial charge in [-0.1, -0.05) is 39.0 Å². The number of aromatic nitrogens is 1. The molecule has 0 saturated carbocycles. The SMILES string of the molecule is CC(C)CNc1nc(N)c(C(=O)NC(C(N)=O)C(C)C)s1. The number of nitrogens with one attached hydrogen (secondary N) is 2. The van der Waals surface area contributed by atoms with Crippen molar-refractivity contribution in [3.05, 3.63) is 4.88 Å². The molecule has 2 amide bonds. The van der Waals surface area contributed by atoms with Crippen molar-refractivity contribution in [2.45, 2.75) is 33.7 Å². The van der Waals surface area contributed by atoms with Crippen LogP contribution in [0.3, 0.4) is 0 Å². The molecule has 21 heavy (non-hydrogen) atoms. The summed E-state index contributed by atoms with van der Waals surface area (Å²) in [5.41, 5.74) is 11.0. The van der Waals surface area contributed by atoms with Crippen LogP contribution in [0.15, 0.2) is 0 Å². The van der Waals surface area contributed by atoms with E-state index in [0.29, 0.717) is 11.0 Å². The first-order valence-electron chi connectivity index (χ1n) is 6.82.